The minimum atomic E-state index is -0.997. The van der Waals surface area contributed by atoms with Crippen molar-refractivity contribution in [3.05, 3.63) is 48.0 Å². The van der Waals surface area contributed by atoms with E-state index in [0.717, 1.165) is 0 Å². The molecule has 0 saturated heterocycles. The number of fused-ring (bicyclic) bond motifs is 1. The van der Waals surface area contributed by atoms with Crippen molar-refractivity contribution in [2.24, 2.45) is 0 Å². The number of benzene rings is 2. The Kier molecular flexibility index (Phi) is 2.72. The maximum atomic E-state index is 10.9. The first-order valence-electron chi connectivity index (χ1n) is 5.64. The smallest absolute Gasteiger partial charge is 0.335 e. The molecule has 0 aliphatic carbocycles. The van der Waals surface area contributed by atoms with Gasteiger partial charge in [-0.25, -0.2) is 4.79 Å². The lowest BCUT2D eigenvalue weighted by Gasteiger charge is -2.08. The Morgan fingerprint density at radius 1 is 1.16 bits per heavy atom. The minimum Gasteiger partial charge on any atom is -0.478 e. The normalized spacial score (nSPS) is 12.2. The molecule has 5 heteroatoms. The van der Waals surface area contributed by atoms with Gasteiger partial charge in [0.05, 0.1) is 5.56 Å². The Hall–Kier alpha value is -2.69. The van der Waals surface area contributed by atoms with Crippen LogP contribution in [0.15, 0.2) is 42.5 Å². The van der Waals surface area contributed by atoms with Crippen LogP contribution < -0.4 is 14.2 Å². The Morgan fingerprint density at radius 2 is 2.00 bits per heavy atom. The highest BCUT2D eigenvalue weighted by molar-refractivity contribution is 5.88. The summed E-state index contributed by atoms with van der Waals surface area (Å²) in [5.41, 5.74) is 0.169. The summed E-state index contributed by atoms with van der Waals surface area (Å²) in [4.78, 5) is 10.9. The van der Waals surface area contributed by atoms with E-state index in [-0.39, 0.29) is 12.4 Å². The van der Waals surface area contributed by atoms with Crippen LogP contribution in [0.1, 0.15) is 10.4 Å². The molecule has 0 bridgehead atoms. The van der Waals surface area contributed by atoms with Crippen molar-refractivity contribution in [1.29, 1.82) is 0 Å². The Balaban J connectivity index is 1.92. The maximum Gasteiger partial charge on any atom is 0.335 e. The molecule has 1 heterocycles. The molecule has 0 radical (unpaired) electrons. The quantitative estimate of drug-likeness (QED) is 0.916. The molecule has 0 unspecified atom stereocenters. The average Bonchev–Trinajstić information content (AvgIpc) is 2.88. The molecule has 2 aromatic rings. The molecule has 1 aliphatic rings. The first-order valence-corrected chi connectivity index (χ1v) is 5.64. The van der Waals surface area contributed by atoms with E-state index >= 15 is 0 Å². The van der Waals surface area contributed by atoms with Crippen molar-refractivity contribution < 1.29 is 24.1 Å². The molecule has 2 aromatic carbocycles. The van der Waals surface area contributed by atoms with Gasteiger partial charge in [-0.2, -0.15) is 0 Å². The van der Waals surface area contributed by atoms with Gasteiger partial charge in [0.1, 0.15) is 5.75 Å². The molecule has 0 spiro atoms. The lowest BCUT2D eigenvalue weighted by molar-refractivity contribution is 0.0696. The maximum absolute atomic E-state index is 10.9. The van der Waals surface area contributed by atoms with E-state index in [1.165, 1.54) is 12.1 Å². The van der Waals surface area contributed by atoms with Crippen LogP contribution in [0.4, 0.5) is 0 Å². The lowest BCUT2D eigenvalue weighted by Crippen LogP contribution is -1.96. The zero-order chi connectivity index (χ0) is 13.2. The van der Waals surface area contributed by atoms with Crippen molar-refractivity contribution in [2.45, 2.75) is 0 Å². The second-order valence-electron chi connectivity index (χ2n) is 3.92. The van der Waals surface area contributed by atoms with Gasteiger partial charge in [-0.3, -0.25) is 0 Å². The SMILES string of the molecule is O=C(O)c1cccc(Oc2cccc3c2OCO3)c1. The lowest BCUT2D eigenvalue weighted by atomic mass is 10.2. The number of rotatable bonds is 3. The molecule has 1 aliphatic heterocycles. The van der Waals surface area contributed by atoms with E-state index in [2.05, 4.69) is 0 Å². The van der Waals surface area contributed by atoms with Gasteiger partial charge in [-0.1, -0.05) is 12.1 Å². The van der Waals surface area contributed by atoms with Crippen LogP contribution in [0.5, 0.6) is 23.0 Å². The number of carboxylic acids is 1. The molecule has 0 atom stereocenters. The number of carbonyl (C=O) groups is 1. The van der Waals surface area contributed by atoms with E-state index in [9.17, 15) is 4.79 Å². The third kappa shape index (κ3) is 2.18. The topological polar surface area (TPSA) is 65.0 Å². The predicted molar refractivity (Wildman–Crippen MR) is 66.0 cm³/mol. The number of para-hydroxylation sites is 1. The third-order valence-electron chi connectivity index (χ3n) is 2.67. The summed E-state index contributed by atoms with van der Waals surface area (Å²) in [6.07, 6.45) is 0. The van der Waals surface area contributed by atoms with Crippen molar-refractivity contribution in [3.8, 4) is 23.0 Å². The van der Waals surface area contributed by atoms with Crippen LogP contribution in [0, 0.1) is 0 Å². The second-order valence-corrected chi connectivity index (χ2v) is 3.92. The summed E-state index contributed by atoms with van der Waals surface area (Å²) in [7, 11) is 0. The molecular weight excluding hydrogens is 248 g/mol. The minimum absolute atomic E-state index is 0.158. The molecule has 96 valence electrons. The fourth-order valence-corrected chi connectivity index (χ4v) is 1.80. The van der Waals surface area contributed by atoms with Crippen molar-refractivity contribution in [3.63, 3.8) is 0 Å². The van der Waals surface area contributed by atoms with Crippen LogP contribution in [0.25, 0.3) is 0 Å². The van der Waals surface area contributed by atoms with Gasteiger partial charge in [-0.05, 0) is 30.3 Å². The van der Waals surface area contributed by atoms with Gasteiger partial charge in [0.25, 0.3) is 0 Å². The fourth-order valence-electron chi connectivity index (χ4n) is 1.80. The van der Waals surface area contributed by atoms with Gasteiger partial charge < -0.3 is 19.3 Å². The van der Waals surface area contributed by atoms with Crippen LogP contribution >= 0.6 is 0 Å². The molecule has 1 N–H and O–H groups in total. The Labute approximate surface area is 109 Å². The van der Waals surface area contributed by atoms with Gasteiger partial charge >= 0.3 is 5.97 Å². The first-order chi connectivity index (χ1) is 9.24. The fraction of sp³-hybridized carbons (Fsp3) is 0.0714. The zero-order valence-corrected chi connectivity index (χ0v) is 9.83. The van der Waals surface area contributed by atoms with Crippen molar-refractivity contribution in [2.75, 3.05) is 6.79 Å². The zero-order valence-electron chi connectivity index (χ0n) is 9.83. The van der Waals surface area contributed by atoms with E-state index in [4.69, 9.17) is 19.3 Å². The van der Waals surface area contributed by atoms with Crippen LogP contribution in [0.2, 0.25) is 0 Å². The van der Waals surface area contributed by atoms with E-state index < -0.39 is 5.97 Å². The third-order valence-corrected chi connectivity index (χ3v) is 2.67. The number of hydrogen-bond donors (Lipinski definition) is 1. The van der Waals surface area contributed by atoms with Gasteiger partial charge in [0.2, 0.25) is 12.5 Å². The van der Waals surface area contributed by atoms with E-state index in [0.29, 0.717) is 23.0 Å². The number of ether oxygens (including phenoxy) is 3. The van der Waals surface area contributed by atoms with Gasteiger partial charge in [0.15, 0.2) is 11.5 Å². The highest BCUT2D eigenvalue weighted by Crippen LogP contribution is 2.42. The van der Waals surface area contributed by atoms with Crippen LogP contribution in [0.3, 0.4) is 0 Å². The number of aromatic carboxylic acids is 1. The molecule has 3 rings (SSSR count). The molecule has 5 nitrogen and oxygen atoms in total. The van der Waals surface area contributed by atoms with Crippen molar-refractivity contribution >= 4 is 5.97 Å². The predicted octanol–water partition coefficient (Wildman–Crippen LogP) is 2.91. The second kappa shape index (κ2) is 4.53. The van der Waals surface area contributed by atoms with Gasteiger partial charge in [0, 0.05) is 0 Å². The molecule has 19 heavy (non-hydrogen) atoms. The first kappa shape index (κ1) is 11.4. The number of carboxylic acid groups (broad SMARTS) is 1. The Morgan fingerprint density at radius 3 is 2.84 bits per heavy atom. The van der Waals surface area contributed by atoms with Crippen LogP contribution in [-0.4, -0.2) is 17.9 Å². The summed E-state index contributed by atoms with van der Waals surface area (Å²) < 4.78 is 16.2. The van der Waals surface area contributed by atoms with Gasteiger partial charge in [-0.15, -0.1) is 0 Å². The summed E-state index contributed by atoms with van der Waals surface area (Å²) in [5.74, 6) is 1.08. The molecule has 0 amide bonds. The summed E-state index contributed by atoms with van der Waals surface area (Å²) >= 11 is 0. The van der Waals surface area contributed by atoms with Crippen molar-refractivity contribution in [1.82, 2.24) is 0 Å². The molecule has 0 aromatic heterocycles. The van der Waals surface area contributed by atoms with Crippen LogP contribution in [-0.2, 0) is 0 Å². The Bertz CT molecular complexity index is 635. The summed E-state index contributed by atoms with van der Waals surface area (Å²) in [6, 6.07) is 11.6. The molecule has 0 fully saturated rings. The van der Waals surface area contributed by atoms with E-state index in [1.807, 2.05) is 0 Å². The largest absolute Gasteiger partial charge is 0.478 e. The average molecular weight is 258 g/mol. The standard InChI is InChI=1S/C14H10O5/c15-14(16)9-3-1-4-10(7-9)19-12-6-2-5-11-13(12)18-8-17-11/h1-7H,8H2,(H,15,16). The molecule has 0 saturated carbocycles. The molecular formula is C14H10O5. The monoisotopic (exact) mass is 258 g/mol. The van der Waals surface area contributed by atoms with E-state index in [1.54, 1.807) is 30.3 Å². The summed E-state index contributed by atoms with van der Waals surface area (Å²) in [6.45, 7) is 0.158. The highest BCUT2D eigenvalue weighted by Gasteiger charge is 2.19. The highest BCUT2D eigenvalue weighted by atomic mass is 16.7. The summed E-state index contributed by atoms with van der Waals surface area (Å²) in [5, 5.41) is 8.93. The number of hydrogen-bond acceptors (Lipinski definition) is 4.